The maximum atomic E-state index is 13.0. The monoisotopic (exact) mass is 272 g/mol. The number of nitrogens with zero attached hydrogens (tertiary/aromatic N) is 1. The molecule has 0 saturated heterocycles. The molecule has 1 aromatic rings. The first-order chi connectivity index (χ1) is 8.68. The predicted octanol–water partition coefficient (Wildman–Crippen LogP) is 3.75. The van der Waals surface area contributed by atoms with Crippen molar-refractivity contribution < 1.29 is 18.3 Å². The molecule has 0 unspecified atom stereocenters. The molecule has 1 rings (SSSR count). The van der Waals surface area contributed by atoms with Crippen LogP contribution in [0.3, 0.4) is 0 Å². The maximum absolute atomic E-state index is 13.0. The van der Waals surface area contributed by atoms with Crippen LogP contribution >= 0.6 is 0 Å². The molecule has 0 aliphatic heterocycles. The molecular weight excluding hydrogens is 257 g/mol. The van der Waals surface area contributed by atoms with Crippen LogP contribution in [0, 0.1) is 13.5 Å². The van der Waals surface area contributed by atoms with Crippen LogP contribution in [0.1, 0.15) is 25.0 Å². The number of benzene rings is 1. The fourth-order valence-electron chi connectivity index (χ4n) is 1.67. The first-order valence-corrected chi connectivity index (χ1v) is 5.71. The number of hydrogen-bond donors (Lipinski definition) is 2. The minimum Gasteiger partial charge on any atom is -0.391 e. The summed E-state index contributed by atoms with van der Waals surface area (Å²) in [6.45, 7) is 11.3. The van der Waals surface area contributed by atoms with Gasteiger partial charge in [0.05, 0.1) is 18.2 Å². The number of anilines is 1. The third-order valence-electron chi connectivity index (χ3n) is 2.95. The molecule has 0 saturated carbocycles. The molecular formula is C13H15F3N2O. The van der Waals surface area contributed by atoms with Crippen LogP contribution in [0.15, 0.2) is 12.1 Å². The highest BCUT2D eigenvalue weighted by atomic mass is 19.4. The largest absolute Gasteiger partial charge is 0.407 e. The normalized spacial score (nSPS) is 14.6. The van der Waals surface area contributed by atoms with E-state index in [1.54, 1.807) is 13.8 Å². The molecule has 3 nitrogen and oxygen atoms in total. The highest BCUT2D eigenvalue weighted by Crippen LogP contribution is 2.41. The van der Waals surface area contributed by atoms with E-state index in [0.717, 1.165) is 6.07 Å². The summed E-state index contributed by atoms with van der Waals surface area (Å²) in [4.78, 5) is 2.91. The van der Waals surface area contributed by atoms with Crippen LogP contribution in [0.25, 0.3) is 4.85 Å². The van der Waals surface area contributed by atoms with Crippen molar-refractivity contribution >= 4 is 11.4 Å². The second-order valence-corrected chi connectivity index (χ2v) is 4.42. The van der Waals surface area contributed by atoms with Crippen LogP contribution < -0.4 is 5.32 Å². The van der Waals surface area contributed by atoms with Gasteiger partial charge in [-0.05, 0) is 32.4 Å². The summed E-state index contributed by atoms with van der Waals surface area (Å²) in [6.07, 6.45) is -5.27. The standard InChI is InChI=1S/C13H15F3N2O/c1-7-10(18-8(2)9(3)19)5-6-11(17-4)12(7)13(14,15)16/h5-6,8-9,18-19H,1-3H3/t8-,9-/m0/s1. The van der Waals surface area contributed by atoms with Crippen molar-refractivity contribution in [3.8, 4) is 0 Å². The molecule has 0 bridgehead atoms. The van der Waals surface area contributed by atoms with Gasteiger partial charge in [0.1, 0.15) is 0 Å². The third-order valence-corrected chi connectivity index (χ3v) is 2.95. The highest BCUT2D eigenvalue weighted by Gasteiger charge is 2.36. The lowest BCUT2D eigenvalue weighted by atomic mass is 10.0. The first kappa shape index (κ1) is 15.3. The molecule has 104 valence electrons. The minimum absolute atomic E-state index is 0.0338. The van der Waals surface area contributed by atoms with E-state index in [-0.39, 0.29) is 11.3 Å². The zero-order valence-electron chi connectivity index (χ0n) is 10.8. The van der Waals surface area contributed by atoms with E-state index in [0.29, 0.717) is 0 Å². The Morgan fingerprint density at radius 3 is 2.32 bits per heavy atom. The van der Waals surface area contributed by atoms with Crippen LogP contribution in [-0.2, 0) is 6.18 Å². The lowest BCUT2D eigenvalue weighted by Gasteiger charge is -2.22. The van der Waals surface area contributed by atoms with E-state index >= 15 is 0 Å². The molecule has 1 aromatic carbocycles. The Kier molecular flexibility index (Phi) is 4.43. The SMILES string of the molecule is [C-]#[N+]c1ccc(N[C@@H](C)[C@H](C)O)c(C)c1C(F)(F)F. The Morgan fingerprint density at radius 1 is 1.32 bits per heavy atom. The van der Waals surface area contributed by atoms with Gasteiger partial charge in [-0.15, -0.1) is 0 Å². The van der Waals surface area contributed by atoms with Gasteiger partial charge in [-0.3, -0.25) is 0 Å². The summed E-state index contributed by atoms with van der Waals surface area (Å²) in [5.41, 5.74) is -1.10. The highest BCUT2D eigenvalue weighted by molar-refractivity contribution is 5.67. The number of aliphatic hydroxyl groups is 1. The number of nitrogens with one attached hydrogen (secondary N) is 1. The first-order valence-electron chi connectivity index (χ1n) is 5.71. The second-order valence-electron chi connectivity index (χ2n) is 4.42. The van der Waals surface area contributed by atoms with Crippen molar-refractivity contribution in [1.82, 2.24) is 0 Å². The van der Waals surface area contributed by atoms with E-state index < -0.39 is 29.6 Å². The Labute approximate surface area is 109 Å². The van der Waals surface area contributed by atoms with Crippen molar-refractivity contribution in [2.24, 2.45) is 0 Å². The summed E-state index contributed by atoms with van der Waals surface area (Å²) >= 11 is 0. The van der Waals surface area contributed by atoms with Crippen LogP contribution in [0.5, 0.6) is 0 Å². The van der Waals surface area contributed by atoms with Crippen LogP contribution in [0.2, 0.25) is 0 Å². The number of aliphatic hydroxyl groups excluding tert-OH is 1. The van der Waals surface area contributed by atoms with Gasteiger partial charge >= 0.3 is 6.18 Å². The molecule has 2 N–H and O–H groups in total. The lowest BCUT2D eigenvalue weighted by Crippen LogP contribution is -2.28. The smallest absolute Gasteiger partial charge is 0.391 e. The summed E-state index contributed by atoms with van der Waals surface area (Å²) < 4.78 is 38.9. The third kappa shape index (κ3) is 3.38. The maximum Gasteiger partial charge on any atom is 0.407 e. The van der Waals surface area contributed by atoms with Gasteiger partial charge in [0.25, 0.3) is 0 Å². The molecule has 6 heteroatoms. The van der Waals surface area contributed by atoms with E-state index in [4.69, 9.17) is 6.57 Å². The number of rotatable bonds is 3. The number of alkyl halides is 3. The van der Waals surface area contributed by atoms with Crippen molar-refractivity contribution in [3.63, 3.8) is 0 Å². The molecule has 0 aliphatic rings. The zero-order valence-corrected chi connectivity index (χ0v) is 10.8. The quantitative estimate of drug-likeness (QED) is 0.822. The fourth-order valence-corrected chi connectivity index (χ4v) is 1.67. The molecule has 0 radical (unpaired) electrons. The number of hydrogen-bond acceptors (Lipinski definition) is 2. The topological polar surface area (TPSA) is 36.6 Å². The average molecular weight is 272 g/mol. The lowest BCUT2D eigenvalue weighted by molar-refractivity contribution is -0.137. The summed E-state index contributed by atoms with van der Waals surface area (Å²) in [6, 6.07) is 2.18. The predicted molar refractivity (Wildman–Crippen MR) is 67.2 cm³/mol. The van der Waals surface area contributed by atoms with Gasteiger partial charge < -0.3 is 10.4 Å². The Morgan fingerprint density at radius 2 is 1.89 bits per heavy atom. The van der Waals surface area contributed by atoms with Gasteiger partial charge in [0, 0.05) is 11.7 Å². The Hall–Kier alpha value is -1.74. The molecule has 0 aliphatic carbocycles. The Balaban J connectivity index is 3.29. The summed E-state index contributed by atoms with van der Waals surface area (Å²) in [7, 11) is 0. The van der Waals surface area contributed by atoms with Gasteiger partial charge in [-0.1, -0.05) is 6.07 Å². The molecule has 19 heavy (non-hydrogen) atoms. The van der Waals surface area contributed by atoms with E-state index in [1.165, 1.54) is 13.0 Å². The summed E-state index contributed by atoms with van der Waals surface area (Å²) in [5, 5.41) is 12.2. The molecule has 0 fully saturated rings. The van der Waals surface area contributed by atoms with Crippen molar-refractivity contribution in [3.05, 3.63) is 34.7 Å². The molecule has 0 spiro atoms. The van der Waals surface area contributed by atoms with Gasteiger partial charge in [0.15, 0.2) is 5.69 Å². The van der Waals surface area contributed by atoms with E-state index in [1.807, 2.05) is 0 Å². The van der Waals surface area contributed by atoms with Crippen LogP contribution in [0.4, 0.5) is 24.5 Å². The Bertz CT molecular complexity index is 504. The average Bonchev–Trinajstić information content (AvgIpc) is 2.29. The zero-order chi connectivity index (χ0) is 14.8. The van der Waals surface area contributed by atoms with Gasteiger partial charge in [0.2, 0.25) is 0 Å². The van der Waals surface area contributed by atoms with E-state index in [2.05, 4.69) is 10.2 Å². The van der Waals surface area contributed by atoms with Gasteiger partial charge in [-0.25, -0.2) is 4.85 Å². The molecule has 2 atom stereocenters. The summed E-state index contributed by atoms with van der Waals surface area (Å²) in [5.74, 6) is 0. The minimum atomic E-state index is -4.57. The number of halogens is 3. The second kappa shape index (κ2) is 5.49. The van der Waals surface area contributed by atoms with E-state index in [9.17, 15) is 18.3 Å². The molecule has 0 heterocycles. The van der Waals surface area contributed by atoms with Crippen molar-refractivity contribution in [2.45, 2.75) is 39.1 Å². The fraction of sp³-hybridized carbons (Fsp3) is 0.462. The van der Waals surface area contributed by atoms with Crippen molar-refractivity contribution in [1.29, 1.82) is 0 Å². The van der Waals surface area contributed by atoms with Gasteiger partial charge in [-0.2, -0.15) is 13.2 Å². The molecule has 0 amide bonds. The van der Waals surface area contributed by atoms with Crippen molar-refractivity contribution in [2.75, 3.05) is 5.32 Å². The molecule has 0 aromatic heterocycles. The van der Waals surface area contributed by atoms with Crippen LogP contribution in [-0.4, -0.2) is 17.3 Å².